The van der Waals surface area contributed by atoms with Crippen molar-refractivity contribution in [3.63, 3.8) is 0 Å². The molecule has 0 aromatic heterocycles. The van der Waals surface area contributed by atoms with Gasteiger partial charge in [-0.25, -0.2) is 8.78 Å². The first kappa shape index (κ1) is 19.2. The largest absolute Gasteiger partial charge is 0.496 e. The third kappa shape index (κ3) is 4.96. The summed E-state index contributed by atoms with van der Waals surface area (Å²) in [6, 6.07) is -0.187. The SMILES string of the molecule is CCC[SiH](OC(=O)C(C)C)OC(F)(F)C(F)(F)C(F)F. The van der Waals surface area contributed by atoms with Crippen molar-refractivity contribution in [3.05, 3.63) is 0 Å². The molecule has 1 unspecified atom stereocenters. The van der Waals surface area contributed by atoms with Gasteiger partial charge >= 0.3 is 27.7 Å². The van der Waals surface area contributed by atoms with Crippen LogP contribution in [0.5, 0.6) is 0 Å². The van der Waals surface area contributed by atoms with Crippen molar-refractivity contribution in [2.45, 2.75) is 51.7 Å². The first-order valence-electron chi connectivity index (χ1n) is 5.87. The second-order valence-electron chi connectivity index (χ2n) is 4.37. The first-order valence-corrected chi connectivity index (χ1v) is 7.63. The van der Waals surface area contributed by atoms with Gasteiger partial charge in [0.2, 0.25) is 0 Å². The number of alkyl halides is 6. The Kier molecular flexibility index (Phi) is 7.01. The number of halogens is 6. The number of rotatable bonds is 8. The Morgan fingerprint density at radius 3 is 2.05 bits per heavy atom. The van der Waals surface area contributed by atoms with Crippen LogP contribution in [-0.2, 0) is 13.6 Å². The maximum absolute atomic E-state index is 13.1. The second kappa shape index (κ2) is 7.30. The van der Waals surface area contributed by atoms with E-state index in [4.69, 9.17) is 0 Å². The van der Waals surface area contributed by atoms with Crippen LogP contribution in [-0.4, -0.2) is 33.7 Å². The zero-order valence-electron chi connectivity index (χ0n) is 11.1. The molecule has 0 aliphatic rings. The fourth-order valence-corrected chi connectivity index (χ4v) is 2.79. The Hall–Kier alpha value is -0.773. The summed E-state index contributed by atoms with van der Waals surface area (Å²) in [6.45, 7) is 4.34. The van der Waals surface area contributed by atoms with Gasteiger partial charge in [-0.2, -0.15) is 17.6 Å². The Morgan fingerprint density at radius 2 is 1.70 bits per heavy atom. The molecule has 0 aliphatic heterocycles. The fraction of sp³-hybridized carbons (Fsp3) is 0.900. The highest BCUT2D eigenvalue weighted by Gasteiger charge is 2.65. The Morgan fingerprint density at radius 1 is 1.20 bits per heavy atom. The standard InChI is InChI=1S/C10H16F6O3Si/c1-4-5-20(18-7(17)6(2)3)19-10(15,16)9(13,14)8(11)12/h6,8,20H,4-5H2,1-3H3. The minimum atomic E-state index is -5.64. The van der Waals surface area contributed by atoms with E-state index in [1.54, 1.807) is 0 Å². The summed E-state index contributed by atoms with van der Waals surface area (Å²) in [4.78, 5) is 11.2. The predicted molar refractivity (Wildman–Crippen MR) is 60.2 cm³/mol. The maximum atomic E-state index is 13.1. The van der Waals surface area contributed by atoms with Crippen molar-refractivity contribution in [2.24, 2.45) is 5.92 Å². The highest BCUT2D eigenvalue weighted by atomic mass is 28.3. The van der Waals surface area contributed by atoms with Gasteiger partial charge in [-0.1, -0.05) is 27.2 Å². The van der Waals surface area contributed by atoms with Crippen LogP contribution < -0.4 is 0 Å². The van der Waals surface area contributed by atoms with Crippen molar-refractivity contribution in [1.29, 1.82) is 0 Å². The normalized spacial score (nSPS) is 14.8. The fourth-order valence-electron chi connectivity index (χ4n) is 1.01. The summed E-state index contributed by atoms with van der Waals surface area (Å²) in [7, 11) is -3.53. The van der Waals surface area contributed by atoms with Gasteiger partial charge in [-0.05, 0) is 6.04 Å². The molecule has 0 aromatic rings. The van der Waals surface area contributed by atoms with Crippen LogP contribution in [0.2, 0.25) is 6.04 Å². The molecule has 0 N–H and O–H groups in total. The minimum Gasteiger partial charge on any atom is -0.496 e. The summed E-state index contributed by atoms with van der Waals surface area (Å²) >= 11 is 0. The van der Waals surface area contributed by atoms with Crippen molar-refractivity contribution in [3.8, 4) is 0 Å². The van der Waals surface area contributed by atoms with Crippen LogP contribution in [0.15, 0.2) is 0 Å². The molecule has 1 atom stereocenters. The van der Waals surface area contributed by atoms with Crippen LogP contribution >= 0.6 is 0 Å². The summed E-state index contributed by atoms with van der Waals surface area (Å²) < 4.78 is 83.7. The number of carbonyl (C=O) groups is 1. The molecule has 0 bridgehead atoms. The lowest BCUT2D eigenvalue weighted by Crippen LogP contribution is -2.51. The molecule has 0 fully saturated rings. The first-order chi connectivity index (χ1) is 8.95. The van der Waals surface area contributed by atoms with E-state index >= 15 is 0 Å². The molecule has 120 valence electrons. The van der Waals surface area contributed by atoms with Crippen LogP contribution in [0, 0.1) is 5.92 Å². The Labute approximate surface area is 114 Å². The molecule has 0 heterocycles. The number of hydrogen-bond acceptors (Lipinski definition) is 3. The monoisotopic (exact) mass is 326 g/mol. The molecule has 0 spiro atoms. The average molecular weight is 326 g/mol. The van der Waals surface area contributed by atoms with Gasteiger partial charge in [0.05, 0.1) is 0 Å². The van der Waals surface area contributed by atoms with Crippen LogP contribution in [0.1, 0.15) is 27.2 Å². The smallest absolute Gasteiger partial charge is 0.418 e. The van der Waals surface area contributed by atoms with E-state index in [1.165, 1.54) is 20.8 Å². The molecular formula is C10H16F6O3Si. The highest BCUT2D eigenvalue weighted by molar-refractivity contribution is 6.46. The molecule has 0 rings (SSSR count). The van der Waals surface area contributed by atoms with E-state index in [0.717, 1.165) is 0 Å². The van der Waals surface area contributed by atoms with Crippen molar-refractivity contribution >= 4 is 15.3 Å². The molecule has 0 radical (unpaired) electrons. The summed E-state index contributed by atoms with van der Waals surface area (Å²) in [5.41, 5.74) is 0. The lowest BCUT2D eigenvalue weighted by molar-refractivity contribution is -0.347. The van der Waals surface area contributed by atoms with Crippen molar-refractivity contribution in [2.75, 3.05) is 0 Å². The molecule has 0 aromatic carbocycles. The third-order valence-electron chi connectivity index (χ3n) is 2.18. The molecule has 0 saturated heterocycles. The quantitative estimate of drug-likeness (QED) is 0.507. The Bertz CT molecular complexity index is 324. The van der Waals surface area contributed by atoms with Crippen molar-refractivity contribution in [1.82, 2.24) is 0 Å². The molecule has 0 amide bonds. The Balaban J connectivity index is 4.93. The summed E-state index contributed by atoms with van der Waals surface area (Å²) in [6.07, 6.45) is -9.75. The second-order valence-corrected chi connectivity index (χ2v) is 6.28. The minimum absolute atomic E-state index is 0.187. The number of carbonyl (C=O) groups excluding carboxylic acids is 1. The molecule has 0 saturated carbocycles. The molecular weight excluding hydrogens is 310 g/mol. The van der Waals surface area contributed by atoms with E-state index < -0.39 is 39.6 Å². The van der Waals surface area contributed by atoms with E-state index in [9.17, 15) is 31.1 Å². The van der Waals surface area contributed by atoms with Gasteiger partial charge in [-0.3, -0.25) is 4.79 Å². The number of hydrogen-bond donors (Lipinski definition) is 0. The van der Waals surface area contributed by atoms with E-state index in [1.807, 2.05) is 0 Å². The van der Waals surface area contributed by atoms with Gasteiger partial charge in [-0.15, -0.1) is 0 Å². The van der Waals surface area contributed by atoms with E-state index in [2.05, 4.69) is 8.85 Å². The topological polar surface area (TPSA) is 35.5 Å². The van der Waals surface area contributed by atoms with Gasteiger partial charge in [0, 0.05) is 5.92 Å². The third-order valence-corrected chi connectivity index (χ3v) is 4.29. The van der Waals surface area contributed by atoms with Gasteiger partial charge in [0.15, 0.2) is 0 Å². The molecule has 0 aliphatic carbocycles. The lowest BCUT2D eigenvalue weighted by Gasteiger charge is -2.28. The summed E-state index contributed by atoms with van der Waals surface area (Å²) in [5.74, 6) is -7.21. The zero-order chi connectivity index (χ0) is 16.1. The zero-order valence-corrected chi connectivity index (χ0v) is 12.3. The van der Waals surface area contributed by atoms with Crippen LogP contribution in [0.25, 0.3) is 0 Å². The highest BCUT2D eigenvalue weighted by Crippen LogP contribution is 2.40. The van der Waals surface area contributed by atoms with Crippen LogP contribution in [0.4, 0.5) is 26.3 Å². The van der Waals surface area contributed by atoms with E-state index in [-0.39, 0.29) is 12.5 Å². The molecule has 3 nitrogen and oxygen atoms in total. The average Bonchev–Trinajstić information content (AvgIpc) is 2.27. The van der Waals surface area contributed by atoms with Gasteiger partial charge < -0.3 is 8.85 Å². The van der Waals surface area contributed by atoms with Gasteiger partial charge in [0.1, 0.15) is 0 Å². The molecule has 20 heavy (non-hydrogen) atoms. The molecule has 10 heteroatoms. The van der Waals surface area contributed by atoms with Crippen LogP contribution in [0.3, 0.4) is 0 Å². The van der Waals surface area contributed by atoms with Gasteiger partial charge in [0.25, 0.3) is 5.97 Å². The van der Waals surface area contributed by atoms with E-state index in [0.29, 0.717) is 0 Å². The van der Waals surface area contributed by atoms with Crippen molar-refractivity contribution < 1.29 is 40.0 Å². The predicted octanol–water partition coefficient (Wildman–Crippen LogP) is 3.33. The summed E-state index contributed by atoms with van der Waals surface area (Å²) in [5, 5.41) is 0. The lowest BCUT2D eigenvalue weighted by atomic mass is 10.2. The maximum Gasteiger partial charge on any atom is 0.418 e.